The minimum atomic E-state index is -0.0724. The Hall–Kier alpha value is -5.30. The molecule has 0 N–H and O–H groups in total. The molecular weight excluding hydrogens is 895 g/mol. The summed E-state index contributed by atoms with van der Waals surface area (Å²) in [4.78, 5) is 0. The standard InChI is InChI=1S/C61H49.2ClH.Zr/c1-60(2,3)58-36-54-44(34-56(58)52-21-13-11-19-48(52)42-27-29-50-40(31-42)25-23-38-15-7-9-17-46(38)50)33-45-35-57(59(37-55(45)54)61(4,5)6)53-22-14-12-20-49(53)43-28-30-51-41(32-43)26-24-39-16-8-10-18-47(39)51;;;/h7-37H,1-6H3;2*1H;. The molecule has 3 heteroatoms. The van der Waals surface area contributed by atoms with E-state index in [0.29, 0.717) is 3.63 Å². The van der Waals surface area contributed by atoms with E-state index in [1.54, 1.807) is 0 Å². The Morgan fingerprint density at radius 2 is 0.656 bits per heavy atom. The van der Waals surface area contributed by atoms with E-state index < -0.39 is 0 Å². The molecule has 11 rings (SSSR count). The van der Waals surface area contributed by atoms with Crippen molar-refractivity contribution in [3.63, 3.8) is 0 Å². The first-order valence-corrected chi connectivity index (χ1v) is 23.5. The number of halogens is 2. The fourth-order valence-corrected chi connectivity index (χ4v) is 11.5. The van der Waals surface area contributed by atoms with E-state index in [0.717, 1.165) is 0 Å². The van der Waals surface area contributed by atoms with Gasteiger partial charge in [-0.3, -0.25) is 0 Å². The molecule has 0 bridgehead atoms. The molecule has 0 spiro atoms. The monoisotopic (exact) mass is 943 g/mol. The van der Waals surface area contributed by atoms with Gasteiger partial charge in [0, 0.05) is 0 Å². The summed E-state index contributed by atoms with van der Waals surface area (Å²) in [6.07, 6.45) is 0. The van der Waals surface area contributed by atoms with Crippen molar-refractivity contribution in [3.8, 4) is 55.6 Å². The number of rotatable bonds is 4. The van der Waals surface area contributed by atoms with Crippen LogP contribution in [-0.4, -0.2) is 0 Å². The van der Waals surface area contributed by atoms with Gasteiger partial charge in [0.25, 0.3) is 0 Å². The van der Waals surface area contributed by atoms with Crippen LogP contribution < -0.4 is 0 Å². The fourth-order valence-electron chi connectivity index (χ4n) is 10.3. The Morgan fingerprint density at radius 3 is 1.06 bits per heavy atom. The van der Waals surface area contributed by atoms with Crippen LogP contribution in [0.1, 0.15) is 67.4 Å². The second-order valence-electron chi connectivity index (χ2n) is 19.4. The summed E-state index contributed by atoms with van der Waals surface area (Å²) in [5.41, 5.74) is 18.7. The molecule has 0 aromatic heterocycles. The zero-order valence-corrected chi connectivity index (χ0v) is 41.3. The van der Waals surface area contributed by atoms with Crippen LogP contribution in [0.5, 0.6) is 0 Å². The quantitative estimate of drug-likeness (QED) is 0.154. The molecule has 0 atom stereocenters. The van der Waals surface area contributed by atoms with Crippen LogP contribution in [0, 0.1) is 0 Å². The molecule has 313 valence electrons. The SMILES string of the molecule is CC(C)(C)c1cc2c(cc1-c1ccccc1-c1ccc3c(ccc4ccccc43)c1)[CH]([Zr])c1cc(-c3ccccc3-c3ccc4c(ccc5ccccc54)c3)c(C(C)(C)C)cc1-2.Cl.Cl. The molecule has 0 saturated carbocycles. The van der Waals surface area contributed by atoms with Crippen molar-refractivity contribution in [2.24, 2.45) is 0 Å². The predicted molar refractivity (Wildman–Crippen MR) is 277 cm³/mol. The van der Waals surface area contributed by atoms with Crippen LogP contribution in [-0.2, 0) is 35.5 Å². The van der Waals surface area contributed by atoms with E-state index in [4.69, 9.17) is 0 Å². The summed E-state index contributed by atoms with van der Waals surface area (Å²) in [6.45, 7) is 14.3. The molecule has 0 heterocycles. The van der Waals surface area contributed by atoms with Crippen molar-refractivity contribution in [2.45, 2.75) is 56.0 Å². The van der Waals surface area contributed by atoms with Gasteiger partial charge in [-0.15, -0.1) is 24.8 Å². The molecule has 0 unspecified atom stereocenters. The minimum Gasteiger partial charge on any atom is -0.147 e. The number of fused-ring (bicyclic) bond motifs is 9. The van der Waals surface area contributed by atoms with Crippen molar-refractivity contribution in [1.82, 2.24) is 0 Å². The molecular formula is C61H51Cl2Zr. The fraction of sp³-hybridized carbons (Fsp3) is 0.148. The summed E-state index contributed by atoms with van der Waals surface area (Å²) < 4.78 is 0.329. The van der Waals surface area contributed by atoms with Crippen molar-refractivity contribution < 1.29 is 24.7 Å². The summed E-state index contributed by atoms with van der Waals surface area (Å²) in [5, 5.41) is 10.3. The van der Waals surface area contributed by atoms with Gasteiger partial charge >= 0.3 is 347 Å². The molecule has 10 aromatic rings. The molecule has 0 radical (unpaired) electrons. The van der Waals surface area contributed by atoms with Gasteiger partial charge in [0.05, 0.1) is 0 Å². The molecule has 10 aromatic carbocycles. The van der Waals surface area contributed by atoms with Gasteiger partial charge < -0.3 is 0 Å². The van der Waals surface area contributed by atoms with Gasteiger partial charge in [-0.2, -0.15) is 0 Å². The van der Waals surface area contributed by atoms with Crippen LogP contribution in [0.3, 0.4) is 0 Å². The van der Waals surface area contributed by atoms with E-state index in [2.05, 4.69) is 224 Å². The average Bonchev–Trinajstić information content (AvgIpc) is 3.56. The summed E-state index contributed by atoms with van der Waals surface area (Å²) >= 11 is 1.51. The molecule has 1 aliphatic rings. The van der Waals surface area contributed by atoms with E-state index in [1.165, 1.54) is 146 Å². The van der Waals surface area contributed by atoms with Gasteiger partial charge in [0.2, 0.25) is 0 Å². The van der Waals surface area contributed by atoms with Gasteiger partial charge in [-0.1, -0.05) is 36.4 Å². The van der Waals surface area contributed by atoms with E-state index >= 15 is 0 Å². The van der Waals surface area contributed by atoms with E-state index in [9.17, 15) is 0 Å². The van der Waals surface area contributed by atoms with E-state index in [1.807, 2.05) is 0 Å². The third-order valence-electron chi connectivity index (χ3n) is 13.5. The largest absolute Gasteiger partial charge is 0.147 e. The molecule has 1 aliphatic carbocycles. The first-order chi connectivity index (χ1) is 29.9. The van der Waals surface area contributed by atoms with Crippen LogP contribution >= 0.6 is 24.8 Å². The minimum absolute atomic E-state index is 0. The maximum absolute atomic E-state index is 2.58. The van der Waals surface area contributed by atoms with Crippen LogP contribution in [0.15, 0.2) is 182 Å². The van der Waals surface area contributed by atoms with Crippen LogP contribution in [0.25, 0.3) is 98.7 Å². The molecule has 0 amide bonds. The van der Waals surface area contributed by atoms with Crippen molar-refractivity contribution in [2.75, 3.05) is 0 Å². The molecule has 0 saturated heterocycles. The second-order valence-corrected chi connectivity index (χ2v) is 20.9. The number of hydrogen-bond donors (Lipinski definition) is 0. The predicted octanol–water partition coefficient (Wildman–Crippen LogP) is 18.0. The molecule has 0 nitrogen and oxygen atoms in total. The van der Waals surface area contributed by atoms with Crippen molar-refractivity contribution in [1.29, 1.82) is 0 Å². The van der Waals surface area contributed by atoms with Crippen molar-refractivity contribution >= 4 is 67.9 Å². The maximum atomic E-state index is 2.58. The Balaban J connectivity index is 0.00000259. The zero-order chi connectivity index (χ0) is 42.5. The Morgan fingerprint density at radius 1 is 0.312 bits per heavy atom. The number of hydrogen-bond acceptors (Lipinski definition) is 0. The third-order valence-corrected chi connectivity index (χ3v) is 15.0. The maximum Gasteiger partial charge on any atom is -0.147 e. The van der Waals surface area contributed by atoms with Gasteiger partial charge in [0.15, 0.2) is 0 Å². The van der Waals surface area contributed by atoms with Crippen molar-refractivity contribution in [3.05, 3.63) is 204 Å². The smallest absolute Gasteiger partial charge is 0.147 e. The first kappa shape index (κ1) is 43.9. The molecule has 0 aliphatic heterocycles. The Bertz CT molecular complexity index is 3220. The number of benzene rings is 10. The zero-order valence-electron chi connectivity index (χ0n) is 37.2. The third kappa shape index (κ3) is 7.35. The van der Waals surface area contributed by atoms with Crippen LogP contribution in [0.2, 0.25) is 0 Å². The van der Waals surface area contributed by atoms with Crippen LogP contribution in [0.4, 0.5) is 0 Å². The Labute approximate surface area is 405 Å². The molecule has 64 heavy (non-hydrogen) atoms. The summed E-state index contributed by atoms with van der Waals surface area (Å²) in [6, 6.07) is 69.0. The normalized spacial score (nSPS) is 12.6. The summed E-state index contributed by atoms with van der Waals surface area (Å²) in [7, 11) is 0. The van der Waals surface area contributed by atoms with Gasteiger partial charge in [0.1, 0.15) is 0 Å². The Kier molecular flexibility index (Phi) is 11.4. The second kappa shape index (κ2) is 16.6. The first-order valence-electron chi connectivity index (χ1n) is 22.0. The molecule has 0 fully saturated rings. The van der Waals surface area contributed by atoms with Gasteiger partial charge in [-0.25, -0.2) is 0 Å². The summed E-state index contributed by atoms with van der Waals surface area (Å²) in [5.74, 6) is 0. The van der Waals surface area contributed by atoms with Gasteiger partial charge in [-0.05, 0) is 0 Å². The van der Waals surface area contributed by atoms with E-state index in [-0.39, 0.29) is 35.6 Å². The topological polar surface area (TPSA) is 0 Å². The average molecular weight is 946 g/mol.